The van der Waals surface area contributed by atoms with Crippen molar-refractivity contribution in [1.82, 2.24) is 9.88 Å². The number of fused-ring (bicyclic) bond motifs is 1. The Labute approximate surface area is 98.6 Å². The maximum atomic E-state index is 4.57. The van der Waals surface area contributed by atoms with Crippen LogP contribution in [0.1, 0.15) is 11.1 Å². The zero-order valence-electron chi connectivity index (χ0n) is 8.77. The zero-order chi connectivity index (χ0) is 10.8. The first-order valence-electron chi connectivity index (χ1n) is 4.88. The van der Waals surface area contributed by atoms with E-state index in [1.54, 1.807) is 0 Å². The number of nitrogens with zero attached hydrogens (tertiary/aromatic N) is 2. The Hall–Kier alpha value is 0.830. The van der Waals surface area contributed by atoms with E-state index in [-0.39, 0.29) is 7.30 Å². The van der Waals surface area contributed by atoms with Gasteiger partial charge in [-0.05, 0) is 38.0 Å². The summed E-state index contributed by atoms with van der Waals surface area (Å²) in [6, 6.07) is 2.19. The summed E-state index contributed by atoms with van der Waals surface area (Å²) in [6.45, 7) is 2.25. The molecule has 0 spiro atoms. The van der Waals surface area contributed by atoms with Gasteiger partial charge in [-0.1, -0.05) is 7.96 Å². The van der Waals surface area contributed by atoms with E-state index in [4.69, 9.17) is 0 Å². The summed E-state index contributed by atoms with van der Waals surface area (Å²) in [6.07, 6.45) is 3.15. The molecule has 2 heterocycles. The van der Waals surface area contributed by atoms with E-state index < -0.39 is 0 Å². The minimum atomic E-state index is -0.138. The third-order valence-electron chi connectivity index (χ3n) is 2.69. The molecule has 0 saturated carbocycles. The first kappa shape index (κ1) is 12.3. The summed E-state index contributed by atoms with van der Waals surface area (Å²) < 4.78 is 0. The highest BCUT2D eigenvalue weighted by atomic mass is 32.6. The van der Waals surface area contributed by atoms with Gasteiger partial charge in [-0.15, -0.1) is 17.9 Å². The van der Waals surface area contributed by atoms with Crippen molar-refractivity contribution in [2.45, 2.75) is 13.0 Å². The van der Waals surface area contributed by atoms with Gasteiger partial charge in [-0.2, -0.15) is 0 Å². The molecule has 0 fully saturated rings. The molecule has 1 aliphatic rings. The van der Waals surface area contributed by atoms with E-state index in [0.29, 0.717) is 0 Å². The summed E-state index contributed by atoms with van der Waals surface area (Å²) in [5, 5.41) is 0. The molecule has 0 aliphatic carbocycles. The quantitative estimate of drug-likeness (QED) is 0.771. The minimum absolute atomic E-state index is 0.138. The maximum Gasteiger partial charge on any atom is 0.0760 e. The van der Waals surface area contributed by atoms with Gasteiger partial charge in [0.1, 0.15) is 0 Å². The van der Waals surface area contributed by atoms with Crippen LogP contribution in [0.2, 0.25) is 0 Å². The number of rotatable bonds is 2. The van der Waals surface area contributed by atoms with Crippen molar-refractivity contribution in [3.8, 4) is 0 Å². The second kappa shape index (κ2) is 5.44. The molecule has 0 N–H and O–H groups in total. The summed E-state index contributed by atoms with van der Waals surface area (Å²) in [7, 11) is 8.75. The van der Waals surface area contributed by atoms with Crippen LogP contribution in [0.15, 0.2) is 12.3 Å². The molecule has 2 rings (SSSR count). The lowest BCUT2D eigenvalue weighted by Gasteiger charge is -2.27. The predicted molar refractivity (Wildman–Crippen MR) is 78.6 cm³/mol. The number of likely N-dealkylation sites (N-methyl/N-ethyl adjacent to an activating group) is 1. The molecule has 0 radical (unpaired) electrons. The van der Waals surface area contributed by atoms with E-state index in [2.05, 4.69) is 40.9 Å². The van der Waals surface area contributed by atoms with Crippen molar-refractivity contribution in [2.75, 3.05) is 13.6 Å². The molecule has 0 aromatic carbocycles. The van der Waals surface area contributed by atoms with Crippen LogP contribution < -0.4 is 5.44 Å². The fourth-order valence-electron chi connectivity index (χ4n) is 1.86. The molecule has 0 amide bonds. The van der Waals surface area contributed by atoms with E-state index in [1.165, 1.54) is 29.5 Å². The fraction of sp³-hybridized carbons (Fsp3) is 0.444. The summed E-state index contributed by atoms with van der Waals surface area (Å²) in [4.78, 5) is 6.95. The zero-order valence-corrected chi connectivity index (χ0v) is 13.0. The number of hydrogen-bond donors (Lipinski definition) is 0. The van der Waals surface area contributed by atoms with Crippen LogP contribution >= 0.6 is 33.1 Å². The van der Waals surface area contributed by atoms with Crippen LogP contribution in [-0.4, -0.2) is 23.5 Å². The Morgan fingerprint density at radius 3 is 3.13 bits per heavy atom. The molecular weight excluding hydrogens is 260 g/mol. The van der Waals surface area contributed by atoms with Crippen molar-refractivity contribution < 1.29 is 0 Å². The van der Waals surface area contributed by atoms with Crippen LogP contribution in [0.25, 0.3) is 0 Å². The third-order valence-corrected chi connectivity index (χ3v) is 12.5. The maximum absolute atomic E-state index is 4.57. The first-order valence-corrected chi connectivity index (χ1v) is 11.5. The Morgan fingerprint density at radius 1 is 1.60 bits per heavy atom. The Balaban J connectivity index is 2.39. The average molecular weight is 276 g/mol. The van der Waals surface area contributed by atoms with Crippen molar-refractivity contribution in [1.29, 1.82) is 0 Å². The highest BCUT2D eigenvalue weighted by molar-refractivity contribution is 8.63. The Morgan fingerprint density at radius 2 is 2.40 bits per heavy atom. The van der Waals surface area contributed by atoms with Gasteiger partial charge in [0.2, 0.25) is 0 Å². The van der Waals surface area contributed by atoms with E-state index in [0.717, 1.165) is 14.5 Å². The molecule has 15 heavy (non-hydrogen) atoms. The molecule has 1 aromatic rings. The number of pyridine rings is 1. The van der Waals surface area contributed by atoms with Gasteiger partial charge in [0.25, 0.3) is 0 Å². The van der Waals surface area contributed by atoms with Crippen molar-refractivity contribution in [2.24, 2.45) is 0 Å². The Bertz CT molecular complexity index is 358. The second-order valence-corrected chi connectivity index (χ2v) is 12.8. The standard InChI is InChI=1S/C9H16N2P4/c1-11-5-3-7-2-4-10-9(8(7)6-11)15(13)14-12/h2,4,14H,3,5-6,12-13H2,1H3. The monoisotopic (exact) mass is 276 g/mol. The lowest BCUT2D eigenvalue weighted by atomic mass is 10.0. The van der Waals surface area contributed by atoms with Crippen LogP contribution in [0.5, 0.6) is 0 Å². The largest absolute Gasteiger partial charge is 0.302 e. The van der Waals surface area contributed by atoms with Gasteiger partial charge in [0.15, 0.2) is 0 Å². The molecule has 0 bridgehead atoms. The van der Waals surface area contributed by atoms with Crippen LogP contribution in [0, 0.1) is 0 Å². The average Bonchev–Trinajstić information content (AvgIpc) is 2.27. The van der Waals surface area contributed by atoms with Crippen molar-refractivity contribution >= 4 is 38.5 Å². The SMILES string of the molecule is CN1CCc2ccnc(P(P)PP)c2C1. The van der Waals surface area contributed by atoms with Crippen molar-refractivity contribution in [3.05, 3.63) is 23.4 Å². The minimum Gasteiger partial charge on any atom is -0.302 e. The second-order valence-electron chi connectivity index (χ2n) is 3.76. The van der Waals surface area contributed by atoms with Gasteiger partial charge in [-0.25, -0.2) is 0 Å². The topological polar surface area (TPSA) is 16.1 Å². The Kier molecular flexibility index (Phi) is 4.46. The molecule has 4 unspecified atom stereocenters. The molecule has 2 nitrogen and oxygen atoms in total. The lowest BCUT2D eigenvalue weighted by molar-refractivity contribution is 0.313. The molecule has 1 aromatic heterocycles. The van der Waals surface area contributed by atoms with E-state index in [9.17, 15) is 0 Å². The van der Waals surface area contributed by atoms with Gasteiger partial charge >= 0.3 is 0 Å². The summed E-state index contributed by atoms with van der Waals surface area (Å²) >= 11 is 0. The van der Waals surface area contributed by atoms with Gasteiger partial charge in [0.05, 0.1) is 5.44 Å². The van der Waals surface area contributed by atoms with Crippen LogP contribution in [0.4, 0.5) is 0 Å². The van der Waals surface area contributed by atoms with Crippen molar-refractivity contribution in [3.63, 3.8) is 0 Å². The lowest BCUT2D eigenvalue weighted by Crippen LogP contribution is -2.30. The number of hydrogen-bond acceptors (Lipinski definition) is 2. The molecule has 0 saturated heterocycles. The van der Waals surface area contributed by atoms with Crippen LogP contribution in [0.3, 0.4) is 0 Å². The third kappa shape index (κ3) is 2.74. The number of aromatic nitrogens is 1. The van der Waals surface area contributed by atoms with Crippen LogP contribution in [-0.2, 0) is 13.0 Å². The highest BCUT2D eigenvalue weighted by Gasteiger charge is 2.19. The summed E-state index contributed by atoms with van der Waals surface area (Å²) in [5.74, 6) is 0. The molecule has 6 heteroatoms. The smallest absolute Gasteiger partial charge is 0.0760 e. The fourth-order valence-corrected chi connectivity index (χ4v) is 5.39. The molecular formula is C9H16N2P4. The molecule has 1 aliphatic heterocycles. The van der Waals surface area contributed by atoms with Gasteiger partial charge < -0.3 is 4.90 Å². The molecule has 82 valence electrons. The van der Waals surface area contributed by atoms with Gasteiger partial charge in [0, 0.05) is 19.3 Å². The predicted octanol–water partition coefficient (Wildman–Crippen LogP) is 2.35. The summed E-state index contributed by atoms with van der Waals surface area (Å²) in [5.41, 5.74) is 4.34. The highest BCUT2D eigenvalue weighted by Crippen LogP contribution is 2.65. The molecule has 4 atom stereocenters. The van der Waals surface area contributed by atoms with Gasteiger partial charge in [-0.3, -0.25) is 4.98 Å². The normalized spacial score (nSPS) is 19.4. The van der Waals surface area contributed by atoms with E-state index in [1.807, 2.05) is 6.20 Å². The first-order chi connectivity index (χ1) is 7.22. The van der Waals surface area contributed by atoms with E-state index >= 15 is 0 Å².